The quantitative estimate of drug-likeness (QED) is 0.413. The van der Waals surface area contributed by atoms with E-state index in [-0.39, 0.29) is 0 Å². The molecule has 0 N–H and O–H groups in total. The lowest BCUT2D eigenvalue weighted by Crippen LogP contribution is -1.99. The van der Waals surface area contributed by atoms with Gasteiger partial charge in [0.25, 0.3) is 0 Å². The first-order chi connectivity index (χ1) is 6.85. The van der Waals surface area contributed by atoms with Crippen LogP contribution in [0, 0.1) is 12.3 Å². The van der Waals surface area contributed by atoms with E-state index in [0.717, 1.165) is 5.92 Å². The molecule has 0 heteroatoms. The van der Waals surface area contributed by atoms with Crippen LogP contribution in [0.25, 0.3) is 0 Å². The van der Waals surface area contributed by atoms with E-state index in [1.165, 1.54) is 57.8 Å². The van der Waals surface area contributed by atoms with E-state index < -0.39 is 0 Å². The third-order valence-corrected chi connectivity index (χ3v) is 3.08. The summed E-state index contributed by atoms with van der Waals surface area (Å²) >= 11 is 0. The number of unbranched alkanes of at least 4 members (excludes halogenated alkanes) is 5. The Balaban J connectivity index is 3.24. The van der Waals surface area contributed by atoms with E-state index in [4.69, 9.17) is 0 Å². The summed E-state index contributed by atoms with van der Waals surface area (Å²) in [5.41, 5.74) is 0. The van der Waals surface area contributed by atoms with Crippen molar-refractivity contribution in [2.75, 3.05) is 0 Å². The molecule has 0 amide bonds. The van der Waals surface area contributed by atoms with E-state index in [1.54, 1.807) is 0 Å². The van der Waals surface area contributed by atoms with Gasteiger partial charge in [0.2, 0.25) is 0 Å². The second-order valence-electron chi connectivity index (χ2n) is 4.41. The van der Waals surface area contributed by atoms with Crippen molar-refractivity contribution in [2.45, 2.75) is 78.6 Å². The molecule has 0 saturated carbocycles. The number of hydrogen-bond acceptors (Lipinski definition) is 0. The molecule has 1 atom stereocenters. The van der Waals surface area contributed by atoms with Crippen molar-refractivity contribution < 1.29 is 0 Å². The van der Waals surface area contributed by atoms with E-state index in [2.05, 4.69) is 27.2 Å². The Kier molecular flexibility index (Phi) is 11.1. The second kappa shape index (κ2) is 11.1. The molecular weight excluding hydrogens is 168 g/mol. The maximum atomic E-state index is 2.44. The van der Waals surface area contributed by atoms with Crippen LogP contribution in [0.2, 0.25) is 0 Å². The Morgan fingerprint density at radius 2 is 1.64 bits per heavy atom. The largest absolute Gasteiger partial charge is 0.0654 e. The summed E-state index contributed by atoms with van der Waals surface area (Å²) in [5.74, 6) is 0.969. The molecule has 0 heterocycles. The van der Waals surface area contributed by atoms with Gasteiger partial charge in [0.1, 0.15) is 0 Å². The minimum absolute atomic E-state index is 0.969. The predicted molar refractivity (Wildman–Crippen MR) is 66.4 cm³/mol. The zero-order chi connectivity index (χ0) is 10.6. The topological polar surface area (TPSA) is 0 Å². The monoisotopic (exact) mass is 197 g/mol. The smallest absolute Gasteiger partial charge is 0.0386 e. The second-order valence-corrected chi connectivity index (χ2v) is 4.41. The summed E-state index contributed by atoms with van der Waals surface area (Å²) in [6, 6.07) is 0. The molecule has 0 spiro atoms. The van der Waals surface area contributed by atoms with Gasteiger partial charge in [-0.1, -0.05) is 72.1 Å². The predicted octanol–water partition coefficient (Wildman–Crippen LogP) is 5.38. The zero-order valence-corrected chi connectivity index (χ0v) is 10.5. The van der Waals surface area contributed by atoms with Crippen molar-refractivity contribution in [1.82, 2.24) is 0 Å². The van der Waals surface area contributed by atoms with Crippen molar-refractivity contribution >= 4 is 0 Å². The average Bonchev–Trinajstić information content (AvgIpc) is 2.22. The standard InChI is InChI=1S/C14H29/c1-4-7-9-10-11-13-14(6-3)12-8-5-2/h8,14H,4-7,9-13H2,1-3H3. The fraction of sp³-hybridized carbons (Fsp3) is 0.929. The Hall–Kier alpha value is 0. The van der Waals surface area contributed by atoms with Gasteiger partial charge in [0.05, 0.1) is 0 Å². The van der Waals surface area contributed by atoms with Gasteiger partial charge in [-0.05, 0) is 18.8 Å². The highest BCUT2D eigenvalue weighted by atomic mass is 14.1. The molecule has 1 unspecified atom stereocenters. The lowest BCUT2D eigenvalue weighted by atomic mass is 9.93. The summed E-state index contributed by atoms with van der Waals surface area (Å²) in [6.45, 7) is 6.86. The van der Waals surface area contributed by atoms with Crippen LogP contribution < -0.4 is 0 Å². The molecule has 0 nitrogen and oxygen atoms in total. The fourth-order valence-corrected chi connectivity index (χ4v) is 1.93. The molecule has 0 bridgehead atoms. The van der Waals surface area contributed by atoms with Crippen LogP contribution in [0.3, 0.4) is 0 Å². The SMILES string of the molecule is CC[CH]CC(CC)CCCCCCC. The molecule has 0 aliphatic heterocycles. The van der Waals surface area contributed by atoms with E-state index >= 15 is 0 Å². The molecule has 85 valence electrons. The Morgan fingerprint density at radius 3 is 2.21 bits per heavy atom. The van der Waals surface area contributed by atoms with Crippen molar-refractivity contribution in [1.29, 1.82) is 0 Å². The maximum Gasteiger partial charge on any atom is -0.0386 e. The van der Waals surface area contributed by atoms with Crippen molar-refractivity contribution in [3.05, 3.63) is 6.42 Å². The Bertz CT molecular complexity index is 96.2. The lowest BCUT2D eigenvalue weighted by molar-refractivity contribution is 0.431. The first-order valence-corrected chi connectivity index (χ1v) is 6.66. The fourth-order valence-electron chi connectivity index (χ4n) is 1.93. The van der Waals surface area contributed by atoms with Crippen LogP contribution in [-0.4, -0.2) is 0 Å². The van der Waals surface area contributed by atoms with Gasteiger partial charge >= 0.3 is 0 Å². The summed E-state index contributed by atoms with van der Waals surface area (Å²) < 4.78 is 0. The van der Waals surface area contributed by atoms with Gasteiger partial charge in [-0.25, -0.2) is 0 Å². The van der Waals surface area contributed by atoms with Crippen molar-refractivity contribution in [3.63, 3.8) is 0 Å². The maximum absolute atomic E-state index is 2.44. The van der Waals surface area contributed by atoms with Gasteiger partial charge < -0.3 is 0 Å². The Labute approximate surface area is 91.5 Å². The van der Waals surface area contributed by atoms with Crippen LogP contribution in [0.1, 0.15) is 78.6 Å². The van der Waals surface area contributed by atoms with Crippen molar-refractivity contribution in [3.8, 4) is 0 Å². The van der Waals surface area contributed by atoms with Crippen LogP contribution in [0.4, 0.5) is 0 Å². The third-order valence-electron chi connectivity index (χ3n) is 3.08. The third kappa shape index (κ3) is 8.59. The summed E-state index contributed by atoms with van der Waals surface area (Å²) in [4.78, 5) is 0. The van der Waals surface area contributed by atoms with Crippen LogP contribution in [0.15, 0.2) is 0 Å². The lowest BCUT2D eigenvalue weighted by Gasteiger charge is -2.13. The van der Waals surface area contributed by atoms with Gasteiger partial charge in [-0.2, -0.15) is 0 Å². The average molecular weight is 197 g/mol. The van der Waals surface area contributed by atoms with Crippen LogP contribution in [0.5, 0.6) is 0 Å². The van der Waals surface area contributed by atoms with E-state index in [9.17, 15) is 0 Å². The highest BCUT2D eigenvalue weighted by Gasteiger charge is 2.04. The first kappa shape index (κ1) is 14.0. The van der Waals surface area contributed by atoms with Gasteiger partial charge in [0, 0.05) is 0 Å². The molecule has 0 aliphatic rings. The highest BCUT2D eigenvalue weighted by molar-refractivity contribution is 4.68. The van der Waals surface area contributed by atoms with Crippen LogP contribution >= 0.6 is 0 Å². The molecule has 0 fully saturated rings. The molecule has 1 radical (unpaired) electrons. The molecule has 0 aromatic heterocycles. The minimum Gasteiger partial charge on any atom is -0.0654 e. The Morgan fingerprint density at radius 1 is 0.929 bits per heavy atom. The molecule has 0 aliphatic carbocycles. The van der Waals surface area contributed by atoms with Crippen LogP contribution in [-0.2, 0) is 0 Å². The molecule has 0 saturated heterocycles. The van der Waals surface area contributed by atoms with E-state index in [1.807, 2.05) is 0 Å². The molecule has 0 rings (SSSR count). The molecule has 0 aromatic carbocycles. The van der Waals surface area contributed by atoms with Gasteiger partial charge in [-0.3, -0.25) is 0 Å². The summed E-state index contributed by atoms with van der Waals surface area (Å²) in [7, 11) is 0. The molecule has 14 heavy (non-hydrogen) atoms. The summed E-state index contributed by atoms with van der Waals surface area (Å²) in [6.07, 6.45) is 15.0. The molecular formula is C14H29. The molecule has 0 aromatic rings. The zero-order valence-electron chi connectivity index (χ0n) is 10.5. The van der Waals surface area contributed by atoms with Gasteiger partial charge in [0.15, 0.2) is 0 Å². The van der Waals surface area contributed by atoms with Crippen molar-refractivity contribution in [2.24, 2.45) is 5.92 Å². The normalized spacial score (nSPS) is 13.1. The highest BCUT2D eigenvalue weighted by Crippen LogP contribution is 2.19. The number of hydrogen-bond donors (Lipinski definition) is 0. The van der Waals surface area contributed by atoms with Gasteiger partial charge in [-0.15, -0.1) is 0 Å². The summed E-state index contributed by atoms with van der Waals surface area (Å²) in [5, 5.41) is 0. The van der Waals surface area contributed by atoms with E-state index in [0.29, 0.717) is 0 Å². The minimum atomic E-state index is 0.969. The number of rotatable bonds is 10. The first-order valence-electron chi connectivity index (χ1n) is 6.66.